The van der Waals surface area contributed by atoms with Crippen molar-refractivity contribution >= 4 is 33.9 Å². The smallest absolute Gasteiger partial charge is 0.176 e. The highest BCUT2D eigenvalue weighted by Gasteiger charge is 2.12. The maximum atomic E-state index is 9.19. The maximum absolute atomic E-state index is 9.19. The molecular formula is C17H16N4OS2. The average Bonchev–Trinajstić information content (AvgIpc) is 2.98. The summed E-state index contributed by atoms with van der Waals surface area (Å²) in [5.41, 5.74) is 3.10. The Morgan fingerprint density at radius 3 is 2.71 bits per heavy atom. The van der Waals surface area contributed by atoms with Crippen molar-refractivity contribution in [2.75, 3.05) is 7.11 Å². The van der Waals surface area contributed by atoms with E-state index in [9.17, 15) is 5.26 Å². The minimum Gasteiger partial charge on any atom is -0.491 e. The van der Waals surface area contributed by atoms with E-state index in [1.54, 1.807) is 14.0 Å². The van der Waals surface area contributed by atoms with Gasteiger partial charge in [0.1, 0.15) is 16.7 Å². The van der Waals surface area contributed by atoms with E-state index >= 15 is 0 Å². The van der Waals surface area contributed by atoms with Gasteiger partial charge in [0.05, 0.1) is 12.8 Å². The van der Waals surface area contributed by atoms with Gasteiger partial charge in [0.25, 0.3) is 0 Å². The first-order chi connectivity index (χ1) is 11.6. The van der Waals surface area contributed by atoms with E-state index in [2.05, 4.69) is 27.3 Å². The van der Waals surface area contributed by atoms with Crippen LogP contribution in [-0.2, 0) is 4.74 Å². The summed E-state index contributed by atoms with van der Waals surface area (Å²) in [4.78, 5) is 0. The van der Waals surface area contributed by atoms with Gasteiger partial charge >= 0.3 is 0 Å². The predicted octanol–water partition coefficient (Wildman–Crippen LogP) is 5.65. The summed E-state index contributed by atoms with van der Waals surface area (Å²) in [7, 11) is 1.56. The Hall–Kier alpha value is -2.43. The normalized spacial score (nSPS) is 11.9. The van der Waals surface area contributed by atoms with Crippen LogP contribution in [0.4, 0.5) is 5.00 Å². The van der Waals surface area contributed by atoms with E-state index in [0.717, 1.165) is 22.7 Å². The standard InChI is InChI=1S/C17H16N4OS2/c1-11(14-8-6-5-7-9-14)16(23-13(3)22-4)19-20-17-15(10-18)12(2)21-24-17/h5-9H,3H2,1-2,4H3/b16-11+,20-19?. The van der Waals surface area contributed by atoms with Crippen LogP contribution in [0.15, 0.2) is 57.3 Å². The molecule has 24 heavy (non-hydrogen) atoms. The van der Waals surface area contributed by atoms with E-state index in [1.165, 1.54) is 11.8 Å². The van der Waals surface area contributed by atoms with Crippen molar-refractivity contribution in [3.05, 3.63) is 63.9 Å². The molecule has 0 spiro atoms. The SMILES string of the molecule is C=C(OC)S/C(N=Nc1snc(C)c1C#N)=C(\C)c1ccccc1. The number of methoxy groups -OCH3 is 1. The van der Waals surface area contributed by atoms with Gasteiger partial charge in [-0.25, -0.2) is 0 Å². The molecule has 122 valence electrons. The number of hydrogen-bond acceptors (Lipinski definition) is 7. The van der Waals surface area contributed by atoms with Gasteiger partial charge in [-0.15, -0.1) is 10.2 Å². The molecule has 7 heteroatoms. The molecule has 0 aliphatic rings. The highest BCUT2D eigenvalue weighted by atomic mass is 32.2. The van der Waals surface area contributed by atoms with Crippen LogP contribution in [0.25, 0.3) is 5.57 Å². The van der Waals surface area contributed by atoms with Crippen LogP contribution in [0.5, 0.6) is 0 Å². The summed E-state index contributed by atoms with van der Waals surface area (Å²) < 4.78 is 9.28. The molecule has 1 heterocycles. The molecule has 0 fully saturated rings. The van der Waals surface area contributed by atoms with Gasteiger partial charge in [-0.3, -0.25) is 0 Å². The van der Waals surface area contributed by atoms with Crippen LogP contribution < -0.4 is 0 Å². The Kier molecular flexibility index (Phi) is 6.29. The third-order valence-corrected chi connectivity index (χ3v) is 4.95. The van der Waals surface area contributed by atoms with Crippen LogP contribution in [0.3, 0.4) is 0 Å². The largest absolute Gasteiger partial charge is 0.491 e. The van der Waals surface area contributed by atoms with Gasteiger partial charge < -0.3 is 4.74 Å². The zero-order valence-corrected chi connectivity index (χ0v) is 15.2. The van der Waals surface area contributed by atoms with Gasteiger partial charge in [-0.2, -0.15) is 9.64 Å². The number of nitriles is 1. The van der Waals surface area contributed by atoms with Crippen molar-refractivity contribution in [2.45, 2.75) is 13.8 Å². The minimum atomic E-state index is 0.455. The quantitative estimate of drug-likeness (QED) is 0.495. The summed E-state index contributed by atoms with van der Waals surface area (Å²) in [6.45, 7) is 7.57. The topological polar surface area (TPSA) is 70.6 Å². The molecule has 0 bridgehead atoms. The molecule has 2 rings (SSSR count). The number of nitrogens with zero attached hydrogens (tertiary/aromatic N) is 4. The highest BCUT2D eigenvalue weighted by molar-refractivity contribution is 8.06. The first-order valence-corrected chi connectivity index (χ1v) is 8.61. The second-order valence-electron chi connectivity index (χ2n) is 4.73. The Labute approximate surface area is 149 Å². The number of ether oxygens (including phenoxy) is 1. The van der Waals surface area contributed by atoms with Crippen molar-refractivity contribution in [2.24, 2.45) is 10.2 Å². The number of allylic oxidation sites excluding steroid dienone is 1. The van der Waals surface area contributed by atoms with E-state index in [-0.39, 0.29) is 0 Å². The second kappa shape index (κ2) is 8.43. The predicted molar refractivity (Wildman–Crippen MR) is 98.9 cm³/mol. The van der Waals surface area contributed by atoms with E-state index < -0.39 is 0 Å². The number of benzene rings is 1. The van der Waals surface area contributed by atoms with Gasteiger partial charge in [0.15, 0.2) is 10.1 Å². The Morgan fingerprint density at radius 2 is 2.08 bits per heavy atom. The average molecular weight is 356 g/mol. The van der Waals surface area contributed by atoms with Crippen LogP contribution >= 0.6 is 23.3 Å². The van der Waals surface area contributed by atoms with Gasteiger partial charge in [0.2, 0.25) is 0 Å². The lowest BCUT2D eigenvalue weighted by Crippen LogP contribution is -1.85. The minimum absolute atomic E-state index is 0.455. The number of thioether (sulfide) groups is 1. The lowest BCUT2D eigenvalue weighted by Gasteiger charge is -2.08. The number of hydrogen-bond donors (Lipinski definition) is 0. The van der Waals surface area contributed by atoms with E-state index in [4.69, 9.17) is 4.74 Å². The fraction of sp³-hybridized carbons (Fsp3) is 0.176. The molecular weight excluding hydrogens is 340 g/mol. The molecule has 0 saturated heterocycles. The molecule has 1 aromatic carbocycles. The Morgan fingerprint density at radius 1 is 1.38 bits per heavy atom. The third kappa shape index (κ3) is 4.31. The molecule has 0 amide bonds. The van der Waals surface area contributed by atoms with Crippen LogP contribution in [-0.4, -0.2) is 11.5 Å². The second-order valence-corrected chi connectivity index (χ2v) is 6.53. The van der Waals surface area contributed by atoms with Crippen molar-refractivity contribution in [1.29, 1.82) is 5.26 Å². The van der Waals surface area contributed by atoms with Crippen LogP contribution in [0, 0.1) is 18.3 Å². The van der Waals surface area contributed by atoms with Crippen LogP contribution in [0.2, 0.25) is 0 Å². The summed E-state index contributed by atoms with van der Waals surface area (Å²) in [5.74, 6) is 0. The molecule has 1 aromatic heterocycles. The summed E-state index contributed by atoms with van der Waals surface area (Å²) in [6.07, 6.45) is 0. The first-order valence-electron chi connectivity index (χ1n) is 7.02. The fourth-order valence-electron chi connectivity index (χ4n) is 1.78. The molecule has 0 radical (unpaired) electrons. The molecule has 0 aliphatic heterocycles. The summed E-state index contributed by atoms with van der Waals surface area (Å²) in [6, 6.07) is 12.0. The molecule has 0 unspecified atom stereocenters. The first kappa shape index (κ1) is 17.9. The lowest BCUT2D eigenvalue weighted by molar-refractivity contribution is 0.327. The zero-order chi connectivity index (χ0) is 17.5. The molecule has 0 saturated carbocycles. The molecule has 2 aromatic rings. The monoisotopic (exact) mass is 356 g/mol. The molecule has 0 atom stereocenters. The van der Waals surface area contributed by atoms with Gasteiger partial charge in [0, 0.05) is 0 Å². The van der Waals surface area contributed by atoms with Crippen molar-refractivity contribution in [3.8, 4) is 6.07 Å². The van der Waals surface area contributed by atoms with Crippen molar-refractivity contribution < 1.29 is 4.74 Å². The Bertz CT molecular complexity index is 832. The van der Waals surface area contributed by atoms with Crippen molar-refractivity contribution in [1.82, 2.24) is 4.37 Å². The highest BCUT2D eigenvalue weighted by Crippen LogP contribution is 2.35. The maximum Gasteiger partial charge on any atom is 0.176 e. The van der Waals surface area contributed by atoms with Gasteiger partial charge in [-0.05, 0) is 54.9 Å². The third-order valence-electron chi connectivity index (χ3n) is 3.15. The lowest BCUT2D eigenvalue weighted by atomic mass is 10.1. The fourth-order valence-corrected chi connectivity index (χ4v) is 3.11. The number of rotatable bonds is 6. The summed E-state index contributed by atoms with van der Waals surface area (Å²) >= 11 is 2.45. The molecule has 5 nitrogen and oxygen atoms in total. The zero-order valence-electron chi connectivity index (χ0n) is 13.6. The number of azo groups is 1. The van der Waals surface area contributed by atoms with Crippen molar-refractivity contribution in [3.63, 3.8) is 0 Å². The van der Waals surface area contributed by atoms with E-state index in [1.807, 2.05) is 37.3 Å². The Balaban J connectivity index is 2.42. The molecule has 0 N–H and O–H groups in total. The number of aryl methyl sites for hydroxylation is 1. The van der Waals surface area contributed by atoms with E-state index in [0.29, 0.717) is 26.4 Å². The number of aromatic nitrogens is 1. The van der Waals surface area contributed by atoms with Crippen LogP contribution in [0.1, 0.15) is 23.7 Å². The van der Waals surface area contributed by atoms with Gasteiger partial charge in [-0.1, -0.05) is 30.3 Å². The summed E-state index contributed by atoms with van der Waals surface area (Å²) in [5, 5.41) is 19.4. The molecule has 0 aliphatic carbocycles.